The first-order valence-electron chi connectivity index (χ1n) is 21.0. The Labute approximate surface area is 334 Å². The minimum Gasteiger partial charge on any atom is -0.507 e. The predicted molar refractivity (Wildman–Crippen MR) is 224 cm³/mol. The fourth-order valence-electron chi connectivity index (χ4n) is 7.37. The Morgan fingerprint density at radius 2 is 0.839 bits per heavy atom. The smallest absolute Gasteiger partial charge is 0.343 e. The maximum absolute atomic E-state index is 13.2. The molecule has 0 bridgehead atoms. The first kappa shape index (κ1) is 43.8. The molecule has 2 N–H and O–H groups in total. The van der Waals surface area contributed by atoms with Crippen LogP contribution in [0.5, 0.6) is 23.0 Å². The van der Waals surface area contributed by atoms with Crippen LogP contribution in [0.25, 0.3) is 0 Å². The summed E-state index contributed by atoms with van der Waals surface area (Å²) in [5, 5.41) is 21.2. The Morgan fingerprint density at radius 1 is 0.500 bits per heavy atom. The fourth-order valence-corrected chi connectivity index (χ4v) is 7.37. The number of hydrogen-bond acceptors (Lipinski definition) is 7. The molecular formula is C49H62O7. The number of ketones is 1. The number of aromatic hydroxyl groups is 2. The molecule has 2 aliphatic rings. The minimum atomic E-state index is -0.651. The van der Waals surface area contributed by atoms with Crippen molar-refractivity contribution in [3.8, 4) is 23.0 Å². The molecule has 2 saturated carbocycles. The van der Waals surface area contributed by atoms with E-state index in [0.29, 0.717) is 23.0 Å². The summed E-state index contributed by atoms with van der Waals surface area (Å²) in [4.78, 5) is 38.7. The molecule has 7 heteroatoms. The average Bonchev–Trinajstić information content (AvgIpc) is 3.22. The molecule has 0 spiro atoms. The molecule has 0 aromatic heterocycles. The van der Waals surface area contributed by atoms with Gasteiger partial charge in [-0.1, -0.05) is 129 Å². The zero-order valence-corrected chi connectivity index (χ0v) is 34.0. The van der Waals surface area contributed by atoms with Gasteiger partial charge >= 0.3 is 11.9 Å². The van der Waals surface area contributed by atoms with Crippen molar-refractivity contribution in [1.29, 1.82) is 0 Å². The van der Waals surface area contributed by atoms with Crippen LogP contribution in [0.3, 0.4) is 0 Å². The number of phenolic OH excluding ortho intramolecular Hbond substituents is 2. The van der Waals surface area contributed by atoms with Crippen LogP contribution < -0.4 is 9.47 Å². The van der Waals surface area contributed by atoms with Crippen molar-refractivity contribution in [2.75, 3.05) is 0 Å². The van der Waals surface area contributed by atoms with Gasteiger partial charge in [-0.25, -0.2) is 9.59 Å². The van der Waals surface area contributed by atoms with Crippen LogP contribution >= 0.6 is 0 Å². The lowest BCUT2D eigenvalue weighted by atomic mass is 9.84. The van der Waals surface area contributed by atoms with E-state index in [2.05, 4.69) is 27.7 Å². The molecule has 0 amide bonds. The van der Waals surface area contributed by atoms with Crippen molar-refractivity contribution in [2.45, 2.75) is 142 Å². The number of phenols is 2. The van der Waals surface area contributed by atoms with Gasteiger partial charge in [0.25, 0.3) is 0 Å². The maximum Gasteiger partial charge on any atom is 0.343 e. The Morgan fingerprint density at radius 3 is 1.12 bits per heavy atom. The number of benzene rings is 4. The van der Waals surface area contributed by atoms with Gasteiger partial charge in [0, 0.05) is 12.1 Å². The van der Waals surface area contributed by atoms with Crippen LogP contribution in [0.15, 0.2) is 84.9 Å². The van der Waals surface area contributed by atoms with Gasteiger partial charge < -0.3 is 19.7 Å². The van der Waals surface area contributed by atoms with E-state index in [4.69, 9.17) is 9.47 Å². The monoisotopic (exact) mass is 762 g/mol. The van der Waals surface area contributed by atoms with E-state index in [1.54, 1.807) is 24.3 Å². The average molecular weight is 763 g/mol. The second-order valence-electron chi connectivity index (χ2n) is 15.1. The van der Waals surface area contributed by atoms with E-state index in [1.165, 1.54) is 150 Å². The van der Waals surface area contributed by atoms with E-state index >= 15 is 0 Å². The quantitative estimate of drug-likeness (QED) is 0.0840. The Kier molecular flexibility index (Phi) is 18.2. The van der Waals surface area contributed by atoms with E-state index in [-0.39, 0.29) is 22.6 Å². The number of esters is 2. The molecule has 56 heavy (non-hydrogen) atoms. The molecule has 6 rings (SSSR count). The highest BCUT2D eigenvalue weighted by atomic mass is 16.5. The molecule has 0 heterocycles. The van der Waals surface area contributed by atoms with Gasteiger partial charge in [-0.05, 0) is 97.2 Å². The van der Waals surface area contributed by atoms with Crippen LogP contribution in [-0.4, -0.2) is 27.9 Å². The minimum absolute atomic E-state index is 0.0775. The van der Waals surface area contributed by atoms with Gasteiger partial charge in [0.1, 0.15) is 23.0 Å². The summed E-state index contributed by atoms with van der Waals surface area (Å²) < 4.78 is 10.9. The summed E-state index contributed by atoms with van der Waals surface area (Å²) in [6, 6.07) is 22.8. The predicted octanol–water partition coefficient (Wildman–Crippen LogP) is 13.3. The third-order valence-electron chi connectivity index (χ3n) is 10.7. The Bertz CT molecular complexity index is 1680. The third kappa shape index (κ3) is 13.1. The molecule has 0 radical (unpaired) electrons. The third-order valence-corrected chi connectivity index (χ3v) is 10.7. The van der Waals surface area contributed by atoms with Gasteiger partial charge in [-0.2, -0.15) is 0 Å². The van der Waals surface area contributed by atoms with Crippen LogP contribution in [0.1, 0.15) is 190 Å². The van der Waals surface area contributed by atoms with Crippen molar-refractivity contribution in [3.05, 3.63) is 118 Å². The number of rotatable bonds is 12. The summed E-state index contributed by atoms with van der Waals surface area (Å²) in [5.74, 6) is -1.40. The summed E-state index contributed by atoms with van der Waals surface area (Å²) in [6.07, 6.45) is 20.3. The number of ether oxygens (including phenoxy) is 2. The second-order valence-corrected chi connectivity index (χ2v) is 15.1. The molecule has 0 atom stereocenters. The fraction of sp³-hybridized carbons (Fsp3) is 0.449. The number of carbonyl (C=O) groups is 3. The van der Waals surface area contributed by atoms with Crippen molar-refractivity contribution >= 4 is 17.7 Å². The SMILES string of the molecule is CCCCC.CCCCC.O=C(Oc1ccc(C(=O)c2ccc(OC(=O)c3ccc(C4CCCCC4)cc3)cc2O)c(O)c1)c1ccc(C2CCCCC2)cc1. The van der Waals surface area contributed by atoms with E-state index in [9.17, 15) is 24.6 Å². The zero-order chi connectivity index (χ0) is 40.3. The van der Waals surface area contributed by atoms with Crippen molar-refractivity contribution in [1.82, 2.24) is 0 Å². The number of carbonyl (C=O) groups excluding carboxylic acids is 3. The lowest BCUT2D eigenvalue weighted by molar-refractivity contribution is 0.0724. The summed E-state index contributed by atoms with van der Waals surface area (Å²) >= 11 is 0. The highest BCUT2D eigenvalue weighted by Crippen LogP contribution is 2.35. The zero-order valence-electron chi connectivity index (χ0n) is 34.0. The van der Waals surface area contributed by atoms with Crippen molar-refractivity contribution < 1.29 is 34.1 Å². The molecule has 300 valence electrons. The van der Waals surface area contributed by atoms with Gasteiger partial charge in [-0.15, -0.1) is 0 Å². The second kappa shape index (κ2) is 23.2. The van der Waals surface area contributed by atoms with Crippen LogP contribution in [0, 0.1) is 0 Å². The number of hydrogen-bond donors (Lipinski definition) is 2. The Balaban J connectivity index is 0.000000620. The first-order chi connectivity index (χ1) is 27.2. The lowest BCUT2D eigenvalue weighted by Gasteiger charge is -2.22. The largest absolute Gasteiger partial charge is 0.507 e. The summed E-state index contributed by atoms with van der Waals surface area (Å²) in [6.45, 7) is 8.85. The standard InChI is InChI=1S/C39H38O7.2C5H12/c40-35-23-31(45-38(43)29-15-11-27(12-16-29)25-7-3-1-4-8-25)19-21-33(35)37(42)34-22-20-32(24-36(34)41)46-39(44)30-17-13-28(14-18-30)26-9-5-2-6-10-26;2*1-3-5-4-2/h11-26,40-41H,1-10H2;2*3-5H2,1-2H3. The van der Waals surface area contributed by atoms with Crippen LogP contribution in [0.4, 0.5) is 0 Å². The lowest BCUT2D eigenvalue weighted by Crippen LogP contribution is -2.10. The maximum atomic E-state index is 13.2. The summed E-state index contributed by atoms with van der Waals surface area (Å²) in [5.41, 5.74) is 3.06. The van der Waals surface area contributed by atoms with E-state index in [0.717, 1.165) is 0 Å². The van der Waals surface area contributed by atoms with Gasteiger partial charge in [-0.3, -0.25) is 4.79 Å². The topological polar surface area (TPSA) is 110 Å². The molecule has 2 fully saturated rings. The van der Waals surface area contributed by atoms with Crippen LogP contribution in [-0.2, 0) is 0 Å². The van der Waals surface area contributed by atoms with Gasteiger partial charge in [0.15, 0.2) is 5.78 Å². The summed E-state index contributed by atoms with van der Waals surface area (Å²) in [7, 11) is 0. The highest BCUT2D eigenvalue weighted by Gasteiger charge is 2.21. The van der Waals surface area contributed by atoms with E-state index in [1.807, 2.05) is 24.3 Å². The highest BCUT2D eigenvalue weighted by molar-refractivity contribution is 6.12. The van der Waals surface area contributed by atoms with E-state index < -0.39 is 29.2 Å². The normalized spacial score (nSPS) is 14.4. The number of unbranched alkanes of at least 4 members (excludes halogenated alkanes) is 4. The van der Waals surface area contributed by atoms with Crippen molar-refractivity contribution in [2.24, 2.45) is 0 Å². The van der Waals surface area contributed by atoms with Gasteiger partial charge in [0.05, 0.1) is 22.3 Å². The molecule has 2 aliphatic carbocycles. The molecular weight excluding hydrogens is 701 g/mol. The Hall–Kier alpha value is -4.91. The van der Waals surface area contributed by atoms with Crippen LogP contribution in [0.2, 0.25) is 0 Å². The molecule has 0 aliphatic heterocycles. The molecule has 4 aromatic carbocycles. The first-order valence-corrected chi connectivity index (χ1v) is 21.0. The van der Waals surface area contributed by atoms with Gasteiger partial charge in [0.2, 0.25) is 0 Å². The molecule has 0 unspecified atom stereocenters. The molecule has 7 nitrogen and oxygen atoms in total. The molecule has 0 saturated heterocycles. The molecule has 4 aromatic rings. The van der Waals surface area contributed by atoms with Crippen molar-refractivity contribution in [3.63, 3.8) is 0 Å².